The first-order chi connectivity index (χ1) is 9.99. The van der Waals surface area contributed by atoms with Crippen molar-refractivity contribution >= 4 is 17.7 Å². The molecule has 110 valence electrons. The first kappa shape index (κ1) is 14.8. The van der Waals surface area contributed by atoms with Gasteiger partial charge in [0.1, 0.15) is 5.82 Å². The number of anilines is 1. The lowest BCUT2D eigenvalue weighted by Crippen LogP contribution is -2.36. The fourth-order valence-electron chi connectivity index (χ4n) is 2.37. The molecule has 0 spiro atoms. The summed E-state index contributed by atoms with van der Waals surface area (Å²) < 4.78 is 13.6. The van der Waals surface area contributed by atoms with E-state index in [2.05, 4.69) is 10.6 Å². The van der Waals surface area contributed by atoms with Gasteiger partial charge in [-0.25, -0.2) is 9.18 Å². The maximum atomic E-state index is 13.6. The number of benzene rings is 1. The van der Waals surface area contributed by atoms with Crippen molar-refractivity contribution in [1.29, 1.82) is 5.26 Å². The lowest BCUT2D eigenvalue weighted by atomic mass is 10.1. The van der Waals surface area contributed by atoms with E-state index in [9.17, 15) is 14.0 Å². The maximum Gasteiger partial charge on any atom is 0.319 e. The summed E-state index contributed by atoms with van der Waals surface area (Å²) in [5.41, 5.74) is 0.137. The summed E-state index contributed by atoms with van der Waals surface area (Å²) in [7, 11) is 0. The molecule has 6 nitrogen and oxygen atoms in total. The van der Waals surface area contributed by atoms with Gasteiger partial charge in [0, 0.05) is 6.04 Å². The second-order valence-electron chi connectivity index (χ2n) is 4.95. The molecule has 21 heavy (non-hydrogen) atoms. The summed E-state index contributed by atoms with van der Waals surface area (Å²) in [5, 5.41) is 22.5. The third-order valence-corrected chi connectivity index (χ3v) is 3.46. The molecule has 1 aromatic carbocycles. The van der Waals surface area contributed by atoms with E-state index in [4.69, 9.17) is 10.4 Å². The molecule has 0 radical (unpaired) electrons. The Hall–Kier alpha value is -2.62. The Kier molecular flexibility index (Phi) is 4.38. The van der Waals surface area contributed by atoms with E-state index in [0.717, 1.165) is 6.07 Å². The van der Waals surface area contributed by atoms with Crippen molar-refractivity contribution in [1.82, 2.24) is 5.32 Å². The Labute approximate surface area is 120 Å². The largest absolute Gasteiger partial charge is 0.481 e. The highest BCUT2D eigenvalue weighted by molar-refractivity contribution is 5.89. The van der Waals surface area contributed by atoms with Crippen LogP contribution in [0.3, 0.4) is 0 Å². The van der Waals surface area contributed by atoms with Gasteiger partial charge in [-0.2, -0.15) is 5.26 Å². The second-order valence-corrected chi connectivity index (χ2v) is 4.95. The van der Waals surface area contributed by atoms with Gasteiger partial charge in [0.2, 0.25) is 0 Å². The van der Waals surface area contributed by atoms with Gasteiger partial charge in [0.25, 0.3) is 0 Å². The van der Waals surface area contributed by atoms with E-state index in [1.165, 1.54) is 12.1 Å². The van der Waals surface area contributed by atoms with Gasteiger partial charge in [-0.1, -0.05) is 0 Å². The van der Waals surface area contributed by atoms with Crippen LogP contribution in [0.5, 0.6) is 0 Å². The van der Waals surface area contributed by atoms with Crippen molar-refractivity contribution in [2.24, 2.45) is 5.92 Å². The Balaban J connectivity index is 1.91. The van der Waals surface area contributed by atoms with Crippen LogP contribution in [0.1, 0.15) is 24.8 Å². The number of nitriles is 1. The smallest absolute Gasteiger partial charge is 0.319 e. The van der Waals surface area contributed by atoms with E-state index in [1.54, 1.807) is 6.07 Å². The molecule has 3 N–H and O–H groups in total. The number of aliphatic carboxylic acids is 1. The van der Waals surface area contributed by atoms with Gasteiger partial charge in [-0.15, -0.1) is 0 Å². The molecule has 0 heterocycles. The van der Waals surface area contributed by atoms with Crippen molar-refractivity contribution in [2.75, 3.05) is 5.32 Å². The summed E-state index contributed by atoms with van der Waals surface area (Å²) in [6, 6.07) is 4.72. The minimum atomic E-state index is -0.863. The van der Waals surface area contributed by atoms with Crippen LogP contribution >= 0.6 is 0 Å². The number of rotatable bonds is 3. The molecule has 2 unspecified atom stereocenters. The minimum absolute atomic E-state index is 0.0284. The molecule has 1 fully saturated rings. The number of amides is 2. The number of halogens is 1. The van der Waals surface area contributed by atoms with E-state index >= 15 is 0 Å². The van der Waals surface area contributed by atoms with Gasteiger partial charge in [-0.05, 0) is 37.5 Å². The lowest BCUT2D eigenvalue weighted by molar-refractivity contribution is -0.141. The van der Waals surface area contributed by atoms with Gasteiger partial charge in [0.15, 0.2) is 0 Å². The summed E-state index contributed by atoms with van der Waals surface area (Å²) in [5.74, 6) is -2.00. The molecular formula is C14H14FN3O3. The molecule has 7 heteroatoms. The van der Waals surface area contributed by atoms with Crippen LogP contribution in [0.4, 0.5) is 14.9 Å². The number of nitrogens with zero attached hydrogens (tertiary/aromatic N) is 1. The van der Waals surface area contributed by atoms with Gasteiger partial charge >= 0.3 is 12.0 Å². The first-order valence-corrected chi connectivity index (χ1v) is 6.49. The predicted molar refractivity (Wildman–Crippen MR) is 72.0 cm³/mol. The number of urea groups is 1. The first-order valence-electron chi connectivity index (χ1n) is 6.49. The van der Waals surface area contributed by atoms with Crippen LogP contribution in [-0.4, -0.2) is 23.1 Å². The number of nitrogens with one attached hydrogen (secondary N) is 2. The Bertz CT molecular complexity index is 612. The van der Waals surface area contributed by atoms with Crippen molar-refractivity contribution in [3.8, 4) is 6.07 Å². The molecule has 0 bridgehead atoms. The molecule has 0 saturated heterocycles. The molecule has 2 amide bonds. The van der Waals surface area contributed by atoms with E-state index in [1.807, 2.05) is 0 Å². The molecule has 1 saturated carbocycles. The molecule has 0 aliphatic heterocycles. The van der Waals surface area contributed by atoms with Gasteiger partial charge < -0.3 is 15.7 Å². The fourth-order valence-corrected chi connectivity index (χ4v) is 2.37. The van der Waals surface area contributed by atoms with Crippen LogP contribution < -0.4 is 10.6 Å². The molecular weight excluding hydrogens is 277 g/mol. The number of carbonyl (C=O) groups excluding carboxylic acids is 1. The second kappa shape index (κ2) is 6.22. The van der Waals surface area contributed by atoms with Crippen LogP contribution in [0, 0.1) is 23.1 Å². The number of carbonyl (C=O) groups is 2. The Morgan fingerprint density at radius 2 is 2.14 bits per heavy atom. The average Bonchev–Trinajstić information content (AvgIpc) is 2.89. The summed E-state index contributed by atoms with van der Waals surface area (Å²) >= 11 is 0. The zero-order valence-electron chi connectivity index (χ0n) is 11.1. The predicted octanol–water partition coefficient (Wildman–Crippen LogP) is 2.07. The molecule has 0 aromatic heterocycles. The summed E-state index contributed by atoms with van der Waals surface area (Å²) in [6.07, 6.45) is 1.48. The maximum absolute atomic E-state index is 13.6. The number of carboxylic acids is 1. The topological polar surface area (TPSA) is 102 Å². The van der Waals surface area contributed by atoms with E-state index in [0.29, 0.717) is 19.3 Å². The SMILES string of the molecule is N#Cc1ccc(NC(=O)NC2CCC(C(=O)O)C2)c(F)c1. The zero-order valence-corrected chi connectivity index (χ0v) is 11.1. The summed E-state index contributed by atoms with van der Waals surface area (Å²) in [6.45, 7) is 0. The third kappa shape index (κ3) is 3.69. The monoisotopic (exact) mass is 291 g/mol. The lowest BCUT2D eigenvalue weighted by Gasteiger charge is -2.13. The quantitative estimate of drug-likeness (QED) is 0.793. The normalized spacial score (nSPS) is 20.6. The highest BCUT2D eigenvalue weighted by Crippen LogP contribution is 2.25. The van der Waals surface area contributed by atoms with Crippen LogP contribution in [0.25, 0.3) is 0 Å². The van der Waals surface area contributed by atoms with Gasteiger partial charge in [0.05, 0.1) is 23.2 Å². The molecule has 1 aromatic rings. The minimum Gasteiger partial charge on any atom is -0.481 e. The number of hydrogen-bond donors (Lipinski definition) is 3. The molecule has 2 atom stereocenters. The highest BCUT2D eigenvalue weighted by Gasteiger charge is 2.30. The van der Waals surface area contributed by atoms with Gasteiger partial charge in [-0.3, -0.25) is 4.79 Å². The highest BCUT2D eigenvalue weighted by atomic mass is 19.1. The zero-order chi connectivity index (χ0) is 15.4. The van der Waals surface area contributed by atoms with Crippen LogP contribution in [-0.2, 0) is 4.79 Å². The van der Waals surface area contributed by atoms with Crippen molar-refractivity contribution in [2.45, 2.75) is 25.3 Å². The standard InChI is InChI=1S/C14H14FN3O3/c15-11-5-8(7-16)1-4-12(11)18-14(21)17-10-3-2-9(6-10)13(19)20/h1,4-5,9-10H,2-3,6H2,(H,19,20)(H2,17,18,21). The van der Waals surface area contributed by atoms with Crippen LogP contribution in [0.2, 0.25) is 0 Å². The van der Waals surface area contributed by atoms with Crippen molar-refractivity contribution in [3.05, 3.63) is 29.6 Å². The third-order valence-electron chi connectivity index (χ3n) is 3.46. The fraction of sp³-hybridized carbons (Fsp3) is 0.357. The summed E-state index contributed by atoms with van der Waals surface area (Å²) in [4.78, 5) is 22.6. The molecule has 1 aliphatic rings. The molecule has 1 aliphatic carbocycles. The number of carboxylic acid groups (broad SMARTS) is 1. The van der Waals surface area contributed by atoms with Crippen LogP contribution in [0.15, 0.2) is 18.2 Å². The Morgan fingerprint density at radius 3 is 2.71 bits per heavy atom. The van der Waals surface area contributed by atoms with E-state index in [-0.39, 0.29) is 17.3 Å². The number of hydrogen-bond acceptors (Lipinski definition) is 3. The van der Waals surface area contributed by atoms with E-state index < -0.39 is 23.7 Å². The molecule has 2 rings (SSSR count). The average molecular weight is 291 g/mol. The Morgan fingerprint density at radius 1 is 1.38 bits per heavy atom. The van der Waals surface area contributed by atoms with Crippen molar-refractivity contribution < 1.29 is 19.1 Å². The van der Waals surface area contributed by atoms with Crippen molar-refractivity contribution in [3.63, 3.8) is 0 Å².